The molecule has 3 rings (SSSR count). The van der Waals surface area contributed by atoms with Crippen LogP contribution in [0, 0.1) is 6.92 Å². The van der Waals surface area contributed by atoms with Gasteiger partial charge in [0.2, 0.25) is 5.95 Å². The lowest BCUT2D eigenvalue weighted by molar-refractivity contribution is 0.726. The number of aromatic nitrogens is 3. The molecule has 0 saturated heterocycles. The van der Waals surface area contributed by atoms with Crippen LogP contribution in [0.2, 0.25) is 0 Å². The third-order valence-corrected chi connectivity index (χ3v) is 5.34. The Morgan fingerprint density at radius 2 is 2.13 bits per heavy atom. The second-order valence-corrected chi connectivity index (χ2v) is 6.70. The molecule has 3 heterocycles. The van der Waals surface area contributed by atoms with E-state index in [1.165, 1.54) is 5.57 Å². The van der Waals surface area contributed by atoms with Crippen LogP contribution in [-0.2, 0) is 6.54 Å². The van der Waals surface area contributed by atoms with E-state index in [9.17, 15) is 4.79 Å². The van der Waals surface area contributed by atoms with Crippen LogP contribution in [0.25, 0.3) is 11.0 Å². The predicted octanol–water partition coefficient (Wildman–Crippen LogP) is 3.29. The Morgan fingerprint density at radius 3 is 2.74 bits per heavy atom. The van der Waals surface area contributed by atoms with Gasteiger partial charge in [0.15, 0.2) is 0 Å². The highest BCUT2D eigenvalue weighted by Crippen LogP contribution is 2.35. The molecule has 6 heteroatoms. The fourth-order valence-corrected chi connectivity index (χ4v) is 4.17. The zero-order valence-corrected chi connectivity index (χ0v) is 14.8. The number of nitrogens with zero attached hydrogens (tertiary/aromatic N) is 3. The molecule has 1 unspecified atom stereocenters. The van der Waals surface area contributed by atoms with Crippen molar-refractivity contribution in [3.63, 3.8) is 0 Å². The lowest BCUT2D eigenvalue weighted by Crippen LogP contribution is -2.27. The maximum atomic E-state index is 13.0. The molecule has 0 amide bonds. The van der Waals surface area contributed by atoms with Crippen LogP contribution < -0.4 is 10.9 Å². The summed E-state index contributed by atoms with van der Waals surface area (Å²) < 4.78 is 1.77. The van der Waals surface area contributed by atoms with Gasteiger partial charge in [-0.3, -0.25) is 9.36 Å². The van der Waals surface area contributed by atoms with Gasteiger partial charge in [-0.25, -0.2) is 4.98 Å². The van der Waals surface area contributed by atoms with E-state index in [0.29, 0.717) is 12.5 Å². The fraction of sp³-hybridized carbons (Fsp3) is 0.471. The van der Waals surface area contributed by atoms with E-state index in [1.807, 2.05) is 26.8 Å². The van der Waals surface area contributed by atoms with Crippen LogP contribution in [0.15, 0.2) is 21.8 Å². The second kappa shape index (κ2) is 6.35. The molecule has 2 aromatic heterocycles. The van der Waals surface area contributed by atoms with Crippen LogP contribution in [-0.4, -0.2) is 26.8 Å². The van der Waals surface area contributed by atoms with Gasteiger partial charge in [-0.1, -0.05) is 5.57 Å². The summed E-state index contributed by atoms with van der Waals surface area (Å²) in [6, 6.07) is 2.00. The average Bonchev–Trinajstić information content (AvgIpc) is 2.93. The van der Waals surface area contributed by atoms with Crippen LogP contribution in [0.1, 0.15) is 37.9 Å². The first-order chi connectivity index (χ1) is 11.1. The maximum Gasteiger partial charge on any atom is 0.256 e. The van der Waals surface area contributed by atoms with Crippen molar-refractivity contribution < 1.29 is 0 Å². The molecule has 122 valence electrons. The lowest BCUT2D eigenvalue weighted by Gasteiger charge is -2.17. The first kappa shape index (κ1) is 16.1. The smallest absolute Gasteiger partial charge is 0.256 e. The largest absolute Gasteiger partial charge is 0.354 e. The van der Waals surface area contributed by atoms with Gasteiger partial charge in [0.05, 0.1) is 5.69 Å². The number of hydrogen-bond acceptors (Lipinski definition) is 5. The summed E-state index contributed by atoms with van der Waals surface area (Å²) in [5.74, 6) is 1.72. The summed E-state index contributed by atoms with van der Waals surface area (Å²) in [4.78, 5) is 22.1. The van der Waals surface area contributed by atoms with Crippen molar-refractivity contribution in [2.24, 2.45) is 0 Å². The minimum absolute atomic E-state index is 0.0702. The number of thioether (sulfide) groups is 1. The standard InChI is InChI=1S/C17H22N4OS/c1-5-18-17-19-11(4)12-7-13(14-9-23-8-10(14)3)16(22)21(6-2)15(12)20-17/h7-8,14H,5-6,9H2,1-4H3,(H,18,19,20). The van der Waals surface area contributed by atoms with Gasteiger partial charge in [-0.2, -0.15) is 4.98 Å². The Balaban J connectivity index is 2.28. The highest BCUT2D eigenvalue weighted by Gasteiger charge is 2.24. The number of fused-ring (bicyclic) bond motifs is 1. The van der Waals surface area contributed by atoms with Gasteiger partial charge in [-0.15, -0.1) is 11.8 Å². The number of aryl methyl sites for hydroxylation is 2. The van der Waals surface area contributed by atoms with Crippen molar-refractivity contribution in [1.82, 2.24) is 14.5 Å². The van der Waals surface area contributed by atoms with E-state index in [0.717, 1.165) is 34.6 Å². The molecule has 0 aromatic carbocycles. The van der Waals surface area contributed by atoms with E-state index < -0.39 is 0 Å². The zero-order chi connectivity index (χ0) is 16.6. The van der Waals surface area contributed by atoms with Crippen LogP contribution in [0.4, 0.5) is 5.95 Å². The van der Waals surface area contributed by atoms with Gasteiger partial charge in [0.1, 0.15) is 5.65 Å². The van der Waals surface area contributed by atoms with Gasteiger partial charge in [0, 0.05) is 35.7 Å². The molecule has 0 saturated carbocycles. The first-order valence-electron chi connectivity index (χ1n) is 8.01. The molecule has 0 aliphatic carbocycles. The Bertz CT molecular complexity index is 841. The average molecular weight is 330 g/mol. The van der Waals surface area contributed by atoms with E-state index in [4.69, 9.17) is 0 Å². The SMILES string of the molecule is CCNc1nc(C)c2cc(C3CSC=C3C)c(=O)n(CC)c2n1. The molecule has 1 aliphatic rings. The van der Waals surface area contributed by atoms with E-state index in [-0.39, 0.29) is 11.5 Å². The highest BCUT2D eigenvalue weighted by molar-refractivity contribution is 8.02. The number of nitrogens with one attached hydrogen (secondary N) is 1. The predicted molar refractivity (Wildman–Crippen MR) is 97.3 cm³/mol. The molecule has 0 radical (unpaired) electrons. The van der Waals surface area contributed by atoms with Gasteiger partial charge in [0.25, 0.3) is 5.56 Å². The quantitative estimate of drug-likeness (QED) is 0.932. The van der Waals surface area contributed by atoms with Crippen LogP contribution >= 0.6 is 11.8 Å². The monoisotopic (exact) mass is 330 g/mol. The Morgan fingerprint density at radius 1 is 1.35 bits per heavy atom. The lowest BCUT2D eigenvalue weighted by atomic mass is 9.95. The molecule has 23 heavy (non-hydrogen) atoms. The fourth-order valence-electron chi connectivity index (χ4n) is 3.02. The third kappa shape index (κ3) is 2.76. The number of pyridine rings is 1. The summed E-state index contributed by atoms with van der Waals surface area (Å²) in [7, 11) is 0. The van der Waals surface area contributed by atoms with Gasteiger partial charge in [-0.05, 0) is 39.2 Å². The third-order valence-electron chi connectivity index (χ3n) is 4.27. The van der Waals surface area contributed by atoms with Crippen LogP contribution in [0.5, 0.6) is 0 Å². The van der Waals surface area contributed by atoms with Crippen molar-refractivity contribution in [1.29, 1.82) is 0 Å². The van der Waals surface area contributed by atoms with Crippen molar-refractivity contribution in [2.75, 3.05) is 17.6 Å². The number of anilines is 1. The minimum atomic E-state index is 0.0702. The molecule has 0 spiro atoms. The van der Waals surface area contributed by atoms with Crippen molar-refractivity contribution >= 4 is 28.7 Å². The Hall–Kier alpha value is -1.82. The van der Waals surface area contributed by atoms with Crippen molar-refractivity contribution in [3.8, 4) is 0 Å². The molecule has 0 fully saturated rings. The van der Waals surface area contributed by atoms with Gasteiger partial charge >= 0.3 is 0 Å². The molecular weight excluding hydrogens is 308 g/mol. The summed E-state index contributed by atoms with van der Waals surface area (Å²) in [6.45, 7) is 9.43. The first-order valence-corrected chi connectivity index (χ1v) is 9.05. The molecule has 0 bridgehead atoms. The Kier molecular flexibility index (Phi) is 4.43. The molecule has 1 N–H and O–H groups in total. The molecule has 2 aromatic rings. The summed E-state index contributed by atoms with van der Waals surface area (Å²) in [6.07, 6.45) is 0. The molecule has 1 aliphatic heterocycles. The van der Waals surface area contributed by atoms with Crippen LogP contribution in [0.3, 0.4) is 0 Å². The van der Waals surface area contributed by atoms with Gasteiger partial charge < -0.3 is 5.32 Å². The zero-order valence-electron chi connectivity index (χ0n) is 14.0. The van der Waals surface area contributed by atoms with E-state index in [1.54, 1.807) is 16.3 Å². The number of hydrogen-bond donors (Lipinski definition) is 1. The van der Waals surface area contributed by atoms with E-state index >= 15 is 0 Å². The highest BCUT2D eigenvalue weighted by atomic mass is 32.2. The normalized spacial score (nSPS) is 17.6. The minimum Gasteiger partial charge on any atom is -0.354 e. The summed E-state index contributed by atoms with van der Waals surface area (Å²) in [5, 5.41) is 6.26. The number of allylic oxidation sites excluding steroid dienone is 1. The molecular formula is C17H22N4OS. The van der Waals surface area contributed by atoms with E-state index in [2.05, 4.69) is 27.6 Å². The molecule has 5 nitrogen and oxygen atoms in total. The van der Waals surface area contributed by atoms with Crippen molar-refractivity contribution in [2.45, 2.75) is 40.2 Å². The van der Waals surface area contributed by atoms with Crippen molar-refractivity contribution in [3.05, 3.63) is 38.7 Å². The number of rotatable bonds is 4. The summed E-state index contributed by atoms with van der Waals surface area (Å²) >= 11 is 1.77. The topological polar surface area (TPSA) is 59.8 Å². The maximum absolute atomic E-state index is 13.0. The Labute approximate surface area is 140 Å². The second-order valence-electron chi connectivity index (χ2n) is 5.80. The summed E-state index contributed by atoms with van der Waals surface area (Å²) in [5.41, 5.74) is 3.82. The molecule has 1 atom stereocenters.